The van der Waals surface area contributed by atoms with Gasteiger partial charge in [-0.2, -0.15) is 12.7 Å². The molecule has 0 atom stereocenters. The van der Waals surface area contributed by atoms with E-state index < -0.39 is 74.3 Å². The summed E-state index contributed by atoms with van der Waals surface area (Å²) in [5.41, 5.74) is 1.59. The number of carbonyl (C=O) groups is 2. The first-order chi connectivity index (χ1) is 23.9. The van der Waals surface area contributed by atoms with Crippen LogP contribution >= 0.6 is 0 Å². The standard InChI is InChI=1S/C32H38N4O6S/c1-34-13-15-42-16-14-35(2)43(39,40)33-31(37)22-9-11-27-28(19-22)36-20-24(32(34)38)17-23-18-25(41-3)10-12-26(23)30(36)29(27)21-7-5-4-6-8-21/h9-12,17-19,21H,4-8,13-16,20H2,1-3H3,(H,33,37)/i1D3,2D3,20D2. The second kappa shape index (κ2) is 11.8. The number of nitrogens with zero attached hydrogens (tertiary/aromatic N) is 3. The summed E-state index contributed by atoms with van der Waals surface area (Å²) >= 11 is 0. The number of nitrogens with one attached hydrogen (secondary N) is 1. The summed E-state index contributed by atoms with van der Waals surface area (Å²) in [6.07, 6.45) is 5.79. The molecule has 0 saturated heterocycles. The van der Waals surface area contributed by atoms with Gasteiger partial charge in [-0.15, -0.1) is 0 Å². The first kappa shape index (κ1) is 21.1. The van der Waals surface area contributed by atoms with Gasteiger partial charge >= 0.3 is 10.2 Å². The van der Waals surface area contributed by atoms with Crippen LogP contribution in [0.15, 0.2) is 42.0 Å². The Morgan fingerprint density at radius 2 is 1.86 bits per heavy atom. The molecule has 43 heavy (non-hydrogen) atoms. The fourth-order valence-electron chi connectivity index (χ4n) is 6.06. The summed E-state index contributed by atoms with van der Waals surface area (Å²) in [6.45, 7) is -11.3. The molecular formula is C32H38N4O6S. The maximum atomic E-state index is 14.4. The summed E-state index contributed by atoms with van der Waals surface area (Å²) in [5.74, 6) is -1.92. The average molecular weight is 615 g/mol. The number of rotatable bonds is 2. The van der Waals surface area contributed by atoms with E-state index >= 15 is 0 Å². The molecule has 0 spiro atoms. The van der Waals surface area contributed by atoms with Gasteiger partial charge in [0.2, 0.25) is 0 Å². The summed E-state index contributed by atoms with van der Waals surface area (Å²) in [7, 11) is -3.51. The Balaban J connectivity index is 1.69. The van der Waals surface area contributed by atoms with Gasteiger partial charge in [0.15, 0.2) is 0 Å². The highest BCUT2D eigenvalue weighted by atomic mass is 32.2. The van der Waals surface area contributed by atoms with E-state index in [9.17, 15) is 20.7 Å². The molecule has 2 aromatic carbocycles. The molecule has 6 rings (SSSR count). The number of amides is 2. The molecule has 2 amide bonds. The Morgan fingerprint density at radius 3 is 2.63 bits per heavy atom. The Bertz CT molecular complexity index is 2020. The number of benzene rings is 2. The number of aromatic nitrogens is 1. The quantitative estimate of drug-likeness (QED) is 0.465. The third kappa shape index (κ3) is 5.57. The molecule has 3 aliphatic rings. The lowest BCUT2D eigenvalue weighted by atomic mass is 9.81. The van der Waals surface area contributed by atoms with Crippen LogP contribution < -0.4 is 9.46 Å². The van der Waals surface area contributed by atoms with Crippen LogP contribution in [0.1, 0.15) is 70.5 Å². The molecule has 4 bridgehead atoms. The summed E-state index contributed by atoms with van der Waals surface area (Å²) in [6, 6.07) is 9.39. The highest BCUT2D eigenvalue weighted by Gasteiger charge is 2.31. The fraction of sp³-hybridized carbons (Fsp3) is 0.438. The molecule has 3 heterocycles. The number of hydrogen-bond donors (Lipinski definition) is 1. The normalized spacial score (nSPS) is 25.0. The Labute approximate surface area is 263 Å². The first-order valence-electron chi connectivity index (χ1n) is 18.2. The van der Waals surface area contributed by atoms with Crippen LogP contribution in [0.5, 0.6) is 5.75 Å². The molecule has 1 aromatic heterocycles. The van der Waals surface area contributed by atoms with Crippen LogP contribution in [0.25, 0.3) is 28.2 Å². The summed E-state index contributed by atoms with van der Waals surface area (Å²) in [4.78, 5) is 28.5. The molecule has 10 nitrogen and oxygen atoms in total. The summed E-state index contributed by atoms with van der Waals surface area (Å²) < 4.78 is 108. The maximum absolute atomic E-state index is 14.4. The molecule has 3 aromatic rings. The van der Waals surface area contributed by atoms with Crippen molar-refractivity contribution in [2.75, 3.05) is 47.4 Å². The SMILES string of the molecule is [2H]C([2H])([2H])N1CCOCCN(C([2H])([2H])[2H])S(=O)(=O)NC(=O)c2ccc3c(C4CCCCC4)c4n(c3c2)C([2H])([2H])C(=Cc2cc(OC)ccc2-4)C1=O. The van der Waals surface area contributed by atoms with Crippen LogP contribution in [0.2, 0.25) is 0 Å². The van der Waals surface area contributed by atoms with Gasteiger partial charge in [-0.1, -0.05) is 25.3 Å². The second-order valence-electron chi connectivity index (χ2n) is 10.9. The van der Waals surface area contributed by atoms with Crippen molar-refractivity contribution in [2.45, 2.75) is 44.5 Å². The van der Waals surface area contributed by atoms with Crippen LogP contribution in [0, 0.1) is 0 Å². The first-order valence-corrected chi connectivity index (χ1v) is 15.6. The highest BCUT2D eigenvalue weighted by molar-refractivity contribution is 7.87. The van der Waals surface area contributed by atoms with Crippen molar-refractivity contribution in [1.29, 1.82) is 0 Å². The lowest BCUT2D eigenvalue weighted by molar-refractivity contribution is -0.126. The highest BCUT2D eigenvalue weighted by Crippen LogP contribution is 2.47. The van der Waals surface area contributed by atoms with Gasteiger partial charge in [0.1, 0.15) is 5.75 Å². The predicted octanol–water partition coefficient (Wildman–Crippen LogP) is 4.16. The third-order valence-corrected chi connectivity index (χ3v) is 9.42. The topological polar surface area (TPSA) is 110 Å². The second-order valence-corrected chi connectivity index (χ2v) is 12.5. The van der Waals surface area contributed by atoms with Gasteiger partial charge in [0, 0.05) is 62.9 Å². The zero-order chi connectivity index (χ0) is 37.1. The van der Waals surface area contributed by atoms with Gasteiger partial charge in [-0.3, -0.25) is 9.59 Å². The van der Waals surface area contributed by atoms with E-state index in [1.807, 2.05) is 4.72 Å². The summed E-state index contributed by atoms with van der Waals surface area (Å²) in [5, 5.41) is 0.568. The van der Waals surface area contributed by atoms with Crippen molar-refractivity contribution in [1.82, 2.24) is 18.5 Å². The van der Waals surface area contributed by atoms with Gasteiger partial charge in [-0.05, 0) is 66.3 Å². The minimum absolute atomic E-state index is 0.0396. The van der Waals surface area contributed by atoms with Crippen molar-refractivity contribution < 1.29 is 38.4 Å². The van der Waals surface area contributed by atoms with Crippen molar-refractivity contribution >= 4 is 39.0 Å². The van der Waals surface area contributed by atoms with Crippen molar-refractivity contribution in [2.24, 2.45) is 0 Å². The smallest absolute Gasteiger partial charge is 0.303 e. The van der Waals surface area contributed by atoms with E-state index in [2.05, 4.69) is 0 Å². The van der Waals surface area contributed by atoms with Crippen LogP contribution in [-0.2, 0) is 26.2 Å². The van der Waals surface area contributed by atoms with Crippen molar-refractivity contribution in [3.05, 3.63) is 58.7 Å². The largest absolute Gasteiger partial charge is 0.497 e. The molecule has 0 radical (unpaired) electrons. The Hall–Kier alpha value is -3.67. The van der Waals surface area contributed by atoms with Crippen LogP contribution in [0.3, 0.4) is 0 Å². The molecular weight excluding hydrogens is 568 g/mol. The van der Waals surface area contributed by atoms with Crippen LogP contribution in [0.4, 0.5) is 0 Å². The molecule has 1 fully saturated rings. The molecule has 0 unspecified atom stereocenters. The van der Waals surface area contributed by atoms with Gasteiger partial charge in [0.05, 0.1) is 35.3 Å². The van der Waals surface area contributed by atoms with E-state index in [-0.39, 0.29) is 21.3 Å². The van der Waals surface area contributed by atoms with Crippen molar-refractivity contribution in [3.63, 3.8) is 0 Å². The fourth-order valence-corrected chi connectivity index (χ4v) is 6.84. The number of likely N-dealkylation sites (N-methyl/N-ethyl adjacent to an activating group) is 2. The molecule has 11 heteroatoms. The predicted molar refractivity (Wildman–Crippen MR) is 165 cm³/mol. The zero-order valence-electron chi connectivity index (χ0n) is 31.7. The monoisotopic (exact) mass is 614 g/mol. The van der Waals surface area contributed by atoms with Crippen LogP contribution in [-0.4, -0.2) is 81.4 Å². The number of hydrogen-bond acceptors (Lipinski definition) is 6. The molecule has 228 valence electrons. The number of carbonyl (C=O) groups excluding carboxylic acids is 2. The van der Waals surface area contributed by atoms with E-state index in [0.29, 0.717) is 32.9 Å². The van der Waals surface area contributed by atoms with Gasteiger partial charge in [-0.25, -0.2) is 4.72 Å². The molecule has 1 N–H and O–H groups in total. The van der Waals surface area contributed by atoms with Gasteiger partial charge in [0.25, 0.3) is 11.8 Å². The van der Waals surface area contributed by atoms with E-state index in [0.717, 1.165) is 37.7 Å². The van der Waals surface area contributed by atoms with E-state index in [1.165, 1.54) is 29.9 Å². The lowest BCUT2D eigenvalue weighted by Crippen LogP contribution is -2.42. The van der Waals surface area contributed by atoms with E-state index in [4.69, 9.17) is 17.7 Å². The molecule has 1 aliphatic carbocycles. The average Bonchev–Trinajstić information content (AvgIpc) is 3.35. The number of methoxy groups -OCH3 is 1. The van der Waals surface area contributed by atoms with E-state index in [1.54, 1.807) is 24.3 Å². The van der Waals surface area contributed by atoms with Crippen molar-refractivity contribution in [3.8, 4) is 17.0 Å². The maximum Gasteiger partial charge on any atom is 0.303 e. The zero-order valence-corrected chi connectivity index (χ0v) is 24.5. The molecule has 1 saturated carbocycles. The minimum Gasteiger partial charge on any atom is -0.497 e. The van der Waals surface area contributed by atoms with Gasteiger partial charge < -0.3 is 18.9 Å². The Morgan fingerprint density at radius 1 is 1.05 bits per heavy atom. The lowest BCUT2D eigenvalue weighted by Gasteiger charge is -2.24. The Kier molecular flexibility index (Phi) is 5.78. The number of ether oxygens (including phenoxy) is 2. The third-order valence-electron chi connectivity index (χ3n) is 8.21. The number of fused-ring (bicyclic) bond motifs is 4. The molecule has 2 aliphatic heterocycles. The minimum atomic E-state index is -4.98.